The molecule has 1 heterocycles. The van der Waals surface area contributed by atoms with E-state index in [1.165, 1.54) is 4.90 Å². The van der Waals surface area contributed by atoms with Gasteiger partial charge in [0.1, 0.15) is 0 Å². The highest BCUT2D eigenvalue weighted by molar-refractivity contribution is 9.10. The number of nitrogen functional groups attached to an aromatic ring is 1. The van der Waals surface area contributed by atoms with Crippen molar-refractivity contribution in [3.8, 4) is 0 Å². The number of carbonyl (C=O) groups excluding carboxylic acids is 1. The van der Waals surface area contributed by atoms with Gasteiger partial charge in [-0.1, -0.05) is 0 Å². The molecule has 0 bridgehead atoms. The van der Waals surface area contributed by atoms with E-state index in [1.807, 2.05) is 6.07 Å². The number of nitrogens with zero attached hydrogens (tertiary/aromatic N) is 2. The summed E-state index contributed by atoms with van der Waals surface area (Å²) in [5, 5.41) is 0. The van der Waals surface area contributed by atoms with Gasteiger partial charge in [-0.15, -0.1) is 0 Å². The van der Waals surface area contributed by atoms with Gasteiger partial charge >= 0.3 is 0 Å². The molecule has 0 aliphatic heterocycles. The zero-order chi connectivity index (χ0) is 13.1. The second kappa shape index (κ2) is 5.18. The van der Waals surface area contributed by atoms with E-state index in [-0.39, 0.29) is 5.91 Å². The largest absolute Gasteiger partial charge is 0.398 e. The molecule has 0 aliphatic rings. The highest BCUT2D eigenvalue weighted by Gasteiger charge is 2.14. The molecule has 4 nitrogen and oxygen atoms in total. The summed E-state index contributed by atoms with van der Waals surface area (Å²) in [6, 6.07) is 8.76. The van der Waals surface area contributed by atoms with E-state index in [0.29, 0.717) is 11.3 Å². The smallest absolute Gasteiger partial charge is 0.258 e. The molecule has 2 aromatic rings. The average molecular weight is 306 g/mol. The Labute approximate surface area is 114 Å². The monoisotopic (exact) mass is 305 g/mol. The van der Waals surface area contributed by atoms with Crippen molar-refractivity contribution in [2.75, 3.05) is 17.7 Å². The summed E-state index contributed by atoms with van der Waals surface area (Å²) < 4.78 is 0.781. The van der Waals surface area contributed by atoms with E-state index < -0.39 is 0 Å². The molecule has 0 unspecified atom stereocenters. The van der Waals surface area contributed by atoms with Crippen molar-refractivity contribution in [2.24, 2.45) is 0 Å². The molecule has 18 heavy (non-hydrogen) atoms. The third-order valence-corrected chi connectivity index (χ3v) is 3.30. The first-order chi connectivity index (χ1) is 8.59. The second-order valence-corrected chi connectivity index (χ2v) is 4.67. The van der Waals surface area contributed by atoms with E-state index in [1.54, 1.807) is 43.7 Å². The third kappa shape index (κ3) is 2.51. The molecule has 1 aromatic heterocycles. The molecule has 0 radical (unpaired) electrons. The molecule has 1 amide bonds. The van der Waals surface area contributed by atoms with Crippen LogP contribution < -0.4 is 10.6 Å². The lowest BCUT2D eigenvalue weighted by atomic mass is 10.1. The van der Waals surface area contributed by atoms with Crippen molar-refractivity contribution < 1.29 is 4.79 Å². The van der Waals surface area contributed by atoms with Crippen LogP contribution in [0.5, 0.6) is 0 Å². The Hall–Kier alpha value is -1.88. The van der Waals surface area contributed by atoms with Crippen LogP contribution in [-0.4, -0.2) is 17.9 Å². The fourth-order valence-electron chi connectivity index (χ4n) is 1.54. The molecule has 5 heteroatoms. The van der Waals surface area contributed by atoms with Gasteiger partial charge in [-0.2, -0.15) is 0 Å². The van der Waals surface area contributed by atoms with Crippen molar-refractivity contribution in [1.82, 2.24) is 4.98 Å². The number of nitrogens with two attached hydrogens (primary N) is 1. The van der Waals surface area contributed by atoms with Crippen LogP contribution >= 0.6 is 15.9 Å². The molecule has 0 saturated heterocycles. The fraction of sp³-hybridized carbons (Fsp3) is 0.0769. The first-order valence-electron chi connectivity index (χ1n) is 5.32. The molecule has 0 aliphatic carbocycles. The lowest BCUT2D eigenvalue weighted by molar-refractivity contribution is 0.0993. The Kier molecular flexibility index (Phi) is 3.62. The average Bonchev–Trinajstić information content (AvgIpc) is 2.41. The van der Waals surface area contributed by atoms with Crippen LogP contribution in [0.2, 0.25) is 0 Å². The third-order valence-electron chi connectivity index (χ3n) is 2.58. The number of aromatic nitrogens is 1. The number of hydrogen-bond donors (Lipinski definition) is 1. The SMILES string of the molecule is CN(C(=O)c1ccc(Br)c(N)c1)c1cccnc1. The number of anilines is 2. The number of hydrogen-bond acceptors (Lipinski definition) is 3. The van der Waals surface area contributed by atoms with Gasteiger partial charge in [0.25, 0.3) is 5.91 Å². The molecule has 2 N–H and O–H groups in total. The Morgan fingerprint density at radius 2 is 2.17 bits per heavy atom. The summed E-state index contributed by atoms with van der Waals surface area (Å²) in [5.74, 6) is -0.123. The number of pyridine rings is 1. The first-order valence-corrected chi connectivity index (χ1v) is 6.12. The van der Waals surface area contributed by atoms with Gasteiger partial charge in [-0.3, -0.25) is 9.78 Å². The summed E-state index contributed by atoms with van der Waals surface area (Å²) in [4.78, 5) is 17.8. The van der Waals surface area contributed by atoms with Crippen LogP contribution in [0.15, 0.2) is 47.2 Å². The summed E-state index contributed by atoms with van der Waals surface area (Å²) >= 11 is 3.30. The van der Waals surface area contributed by atoms with E-state index >= 15 is 0 Å². The van der Waals surface area contributed by atoms with E-state index in [2.05, 4.69) is 20.9 Å². The number of halogens is 1. The van der Waals surface area contributed by atoms with Crippen molar-refractivity contribution in [1.29, 1.82) is 0 Å². The number of amides is 1. The minimum absolute atomic E-state index is 0.123. The summed E-state index contributed by atoms with van der Waals surface area (Å²) in [6.07, 6.45) is 3.31. The van der Waals surface area contributed by atoms with Crippen molar-refractivity contribution >= 4 is 33.2 Å². The van der Waals surface area contributed by atoms with Gasteiger partial charge in [-0.25, -0.2) is 0 Å². The molecule has 0 saturated carbocycles. The molecule has 92 valence electrons. The quantitative estimate of drug-likeness (QED) is 0.868. The van der Waals surface area contributed by atoms with Crippen LogP contribution in [0.1, 0.15) is 10.4 Å². The maximum atomic E-state index is 12.2. The van der Waals surface area contributed by atoms with Gasteiger partial charge in [0.2, 0.25) is 0 Å². The predicted molar refractivity (Wildman–Crippen MR) is 75.5 cm³/mol. The Morgan fingerprint density at radius 1 is 1.39 bits per heavy atom. The molecule has 0 spiro atoms. The number of rotatable bonds is 2. The normalized spacial score (nSPS) is 10.1. The molecular weight excluding hydrogens is 294 g/mol. The molecule has 0 fully saturated rings. The molecule has 0 atom stereocenters. The Bertz CT molecular complexity index is 572. The van der Waals surface area contributed by atoms with Gasteiger partial charge in [0.05, 0.1) is 11.9 Å². The molecular formula is C13H12BrN3O. The summed E-state index contributed by atoms with van der Waals surface area (Å²) in [6.45, 7) is 0. The van der Waals surface area contributed by atoms with Crippen LogP contribution in [0.4, 0.5) is 11.4 Å². The van der Waals surface area contributed by atoms with Crippen LogP contribution in [0, 0.1) is 0 Å². The Morgan fingerprint density at radius 3 is 2.78 bits per heavy atom. The van der Waals surface area contributed by atoms with Crippen molar-refractivity contribution in [3.63, 3.8) is 0 Å². The lowest BCUT2D eigenvalue weighted by Crippen LogP contribution is -2.26. The van der Waals surface area contributed by atoms with Crippen molar-refractivity contribution in [2.45, 2.75) is 0 Å². The fourth-order valence-corrected chi connectivity index (χ4v) is 1.79. The van der Waals surface area contributed by atoms with Gasteiger partial charge in [0.15, 0.2) is 0 Å². The van der Waals surface area contributed by atoms with Gasteiger partial charge in [-0.05, 0) is 46.3 Å². The first kappa shape index (κ1) is 12.6. The van der Waals surface area contributed by atoms with Gasteiger partial charge in [0, 0.05) is 29.0 Å². The van der Waals surface area contributed by atoms with Gasteiger partial charge < -0.3 is 10.6 Å². The minimum atomic E-state index is -0.123. The lowest BCUT2D eigenvalue weighted by Gasteiger charge is -2.17. The standard InChI is InChI=1S/C13H12BrN3O/c1-17(10-3-2-6-16-8-10)13(18)9-4-5-11(14)12(15)7-9/h2-8H,15H2,1H3. The zero-order valence-electron chi connectivity index (χ0n) is 9.80. The zero-order valence-corrected chi connectivity index (χ0v) is 11.4. The number of carbonyl (C=O) groups is 1. The summed E-state index contributed by atoms with van der Waals surface area (Å²) in [5.41, 5.74) is 7.59. The number of benzene rings is 1. The van der Waals surface area contributed by atoms with E-state index in [4.69, 9.17) is 5.73 Å². The molecule has 2 rings (SSSR count). The second-order valence-electron chi connectivity index (χ2n) is 3.81. The topological polar surface area (TPSA) is 59.2 Å². The molecule has 1 aromatic carbocycles. The predicted octanol–water partition coefficient (Wildman–Crippen LogP) is 2.70. The highest BCUT2D eigenvalue weighted by atomic mass is 79.9. The van der Waals surface area contributed by atoms with E-state index in [0.717, 1.165) is 10.2 Å². The van der Waals surface area contributed by atoms with Crippen LogP contribution in [0.25, 0.3) is 0 Å². The highest BCUT2D eigenvalue weighted by Crippen LogP contribution is 2.22. The van der Waals surface area contributed by atoms with Crippen LogP contribution in [-0.2, 0) is 0 Å². The van der Waals surface area contributed by atoms with Crippen molar-refractivity contribution in [3.05, 3.63) is 52.8 Å². The summed E-state index contributed by atoms with van der Waals surface area (Å²) in [7, 11) is 1.71. The maximum Gasteiger partial charge on any atom is 0.258 e. The Balaban J connectivity index is 2.29. The minimum Gasteiger partial charge on any atom is -0.398 e. The van der Waals surface area contributed by atoms with Crippen LogP contribution in [0.3, 0.4) is 0 Å². The maximum absolute atomic E-state index is 12.2. The van der Waals surface area contributed by atoms with E-state index in [9.17, 15) is 4.79 Å².